The number of aryl methyl sites for hydroxylation is 1. The predicted molar refractivity (Wildman–Crippen MR) is 94.1 cm³/mol. The summed E-state index contributed by atoms with van der Waals surface area (Å²) in [5.74, 6) is -1.34. The van der Waals surface area contributed by atoms with Crippen molar-refractivity contribution >= 4 is 27.7 Å². The zero-order valence-corrected chi connectivity index (χ0v) is 15.7. The lowest BCUT2D eigenvalue weighted by molar-refractivity contribution is -0.150. The first kappa shape index (κ1) is 20.0. The van der Waals surface area contributed by atoms with Crippen molar-refractivity contribution in [1.82, 2.24) is 9.46 Å². The van der Waals surface area contributed by atoms with E-state index in [0.717, 1.165) is 28.6 Å². The third-order valence-corrected chi connectivity index (χ3v) is 6.06. The molecule has 0 radical (unpaired) electrons. The number of esters is 1. The number of benzene rings is 1. The number of carbonyl (C=O) groups excluding carboxylic acids is 2. The van der Waals surface area contributed by atoms with E-state index in [1.165, 1.54) is 6.07 Å². The molecule has 2 aromatic rings. The molecule has 1 N–H and O–H groups in total. The molecule has 3 rings (SSSR count). The molecule has 1 aromatic carbocycles. The van der Waals surface area contributed by atoms with Gasteiger partial charge in [0.1, 0.15) is 17.6 Å². The van der Waals surface area contributed by atoms with Gasteiger partial charge in [-0.1, -0.05) is 5.16 Å². The highest BCUT2D eigenvalue weighted by Crippen LogP contribution is 2.27. The summed E-state index contributed by atoms with van der Waals surface area (Å²) in [7, 11) is -3.99. The summed E-state index contributed by atoms with van der Waals surface area (Å²) in [6.45, 7) is 1.19. The van der Waals surface area contributed by atoms with E-state index in [-0.39, 0.29) is 23.7 Å². The second-order valence-electron chi connectivity index (χ2n) is 6.21. The molecule has 11 heteroatoms. The fourth-order valence-electron chi connectivity index (χ4n) is 2.84. The van der Waals surface area contributed by atoms with Crippen molar-refractivity contribution in [3.05, 3.63) is 41.9 Å². The minimum absolute atomic E-state index is 0.118. The van der Waals surface area contributed by atoms with Gasteiger partial charge < -0.3 is 14.6 Å². The Morgan fingerprint density at radius 2 is 2.07 bits per heavy atom. The van der Waals surface area contributed by atoms with E-state index < -0.39 is 40.4 Å². The van der Waals surface area contributed by atoms with Crippen LogP contribution in [-0.4, -0.2) is 48.9 Å². The number of aromatic nitrogens is 1. The lowest BCUT2D eigenvalue weighted by atomic mass is 10.2. The third-order valence-electron chi connectivity index (χ3n) is 4.14. The van der Waals surface area contributed by atoms with Gasteiger partial charge in [-0.05, 0) is 44.0 Å². The van der Waals surface area contributed by atoms with E-state index in [0.29, 0.717) is 12.2 Å². The average molecular weight is 411 g/mol. The van der Waals surface area contributed by atoms with Crippen LogP contribution in [0.15, 0.2) is 39.8 Å². The van der Waals surface area contributed by atoms with Gasteiger partial charge in [-0.3, -0.25) is 9.59 Å². The number of nitrogens with one attached hydrogen (secondary N) is 1. The Labute approximate surface area is 160 Å². The molecule has 1 atom stereocenters. The van der Waals surface area contributed by atoms with E-state index >= 15 is 0 Å². The summed E-state index contributed by atoms with van der Waals surface area (Å²) in [6.07, 6.45) is 0.730. The normalized spacial score (nSPS) is 17.4. The largest absolute Gasteiger partial charge is 0.454 e. The van der Waals surface area contributed by atoms with Gasteiger partial charge >= 0.3 is 5.97 Å². The second-order valence-corrected chi connectivity index (χ2v) is 8.10. The van der Waals surface area contributed by atoms with Gasteiger partial charge in [0.25, 0.3) is 5.91 Å². The Kier molecular flexibility index (Phi) is 5.75. The fourth-order valence-corrected chi connectivity index (χ4v) is 4.49. The van der Waals surface area contributed by atoms with Crippen molar-refractivity contribution in [2.75, 3.05) is 18.5 Å². The van der Waals surface area contributed by atoms with E-state index in [2.05, 4.69) is 10.5 Å². The van der Waals surface area contributed by atoms with E-state index in [1.54, 1.807) is 6.92 Å². The maximum Gasteiger partial charge on any atom is 0.324 e. The number of anilines is 1. The van der Waals surface area contributed by atoms with Crippen LogP contribution in [0.3, 0.4) is 0 Å². The van der Waals surface area contributed by atoms with Crippen LogP contribution >= 0.6 is 0 Å². The molecule has 0 saturated carbocycles. The van der Waals surface area contributed by atoms with Crippen LogP contribution in [0, 0.1) is 12.7 Å². The summed E-state index contributed by atoms with van der Waals surface area (Å²) in [5.41, 5.74) is 0. The van der Waals surface area contributed by atoms with Crippen LogP contribution in [0.1, 0.15) is 18.6 Å². The van der Waals surface area contributed by atoms with Gasteiger partial charge in [0, 0.05) is 12.6 Å². The number of ether oxygens (including phenoxy) is 1. The van der Waals surface area contributed by atoms with Crippen molar-refractivity contribution in [3.8, 4) is 0 Å². The standard InChI is InChI=1S/C17H18FN3O6S/c1-11-9-15(20-27-11)19-16(22)10-26-17(23)14-3-2-8-21(14)28(24,25)13-6-4-12(18)5-7-13/h4-7,9,14H,2-3,8,10H2,1H3,(H,19,20,22)/t14-/m0/s1. The van der Waals surface area contributed by atoms with Crippen molar-refractivity contribution in [3.63, 3.8) is 0 Å². The fraction of sp³-hybridized carbons (Fsp3) is 0.353. The Morgan fingerprint density at radius 1 is 1.36 bits per heavy atom. The van der Waals surface area contributed by atoms with Crippen molar-refractivity contribution in [2.45, 2.75) is 30.7 Å². The summed E-state index contributed by atoms with van der Waals surface area (Å²) in [5, 5.41) is 5.98. The number of amides is 1. The SMILES string of the molecule is Cc1cc(NC(=O)COC(=O)[C@@H]2CCCN2S(=O)(=O)c2ccc(F)cc2)no1. The number of nitrogens with zero attached hydrogens (tertiary/aromatic N) is 2. The molecule has 150 valence electrons. The highest BCUT2D eigenvalue weighted by molar-refractivity contribution is 7.89. The van der Waals surface area contributed by atoms with Gasteiger partial charge in [-0.15, -0.1) is 0 Å². The van der Waals surface area contributed by atoms with Crippen LogP contribution < -0.4 is 5.32 Å². The molecule has 0 spiro atoms. The maximum absolute atomic E-state index is 13.1. The Bertz CT molecular complexity index is 973. The predicted octanol–water partition coefficient (Wildman–Crippen LogP) is 1.46. The van der Waals surface area contributed by atoms with Crippen LogP contribution in [0.25, 0.3) is 0 Å². The van der Waals surface area contributed by atoms with E-state index in [9.17, 15) is 22.4 Å². The zero-order valence-electron chi connectivity index (χ0n) is 14.9. The van der Waals surface area contributed by atoms with Crippen LogP contribution in [0.5, 0.6) is 0 Å². The second kappa shape index (κ2) is 8.07. The average Bonchev–Trinajstić information content (AvgIpc) is 3.29. The quantitative estimate of drug-likeness (QED) is 0.715. The molecule has 9 nitrogen and oxygen atoms in total. The lowest BCUT2D eigenvalue weighted by Crippen LogP contribution is -2.42. The first-order chi connectivity index (χ1) is 13.3. The Balaban J connectivity index is 1.62. The molecule has 1 aliphatic rings. The van der Waals surface area contributed by atoms with Crippen LogP contribution in [0.4, 0.5) is 10.2 Å². The summed E-state index contributed by atoms with van der Waals surface area (Å²) in [6, 6.07) is 4.79. The number of rotatable bonds is 6. The smallest absolute Gasteiger partial charge is 0.324 e. The van der Waals surface area contributed by atoms with Gasteiger partial charge in [0.2, 0.25) is 10.0 Å². The first-order valence-corrected chi connectivity index (χ1v) is 9.88. The molecule has 1 aromatic heterocycles. The number of carbonyl (C=O) groups is 2. The third kappa shape index (κ3) is 4.37. The highest BCUT2D eigenvalue weighted by Gasteiger charge is 2.40. The summed E-state index contributed by atoms with van der Waals surface area (Å²) in [4.78, 5) is 24.1. The zero-order chi connectivity index (χ0) is 20.3. The molecule has 2 heterocycles. The summed E-state index contributed by atoms with van der Waals surface area (Å²) < 4.78 is 49.3. The van der Waals surface area contributed by atoms with Gasteiger partial charge in [0.05, 0.1) is 4.90 Å². The molecular weight excluding hydrogens is 393 g/mol. The maximum atomic E-state index is 13.1. The van der Waals surface area contributed by atoms with Crippen molar-refractivity contribution in [1.29, 1.82) is 0 Å². The van der Waals surface area contributed by atoms with Crippen molar-refractivity contribution < 1.29 is 31.7 Å². The van der Waals surface area contributed by atoms with Gasteiger partial charge in [0.15, 0.2) is 12.4 Å². The van der Waals surface area contributed by atoms with E-state index in [4.69, 9.17) is 9.26 Å². The Hall–Kier alpha value is -2.79. The number of sulfonamides is 1. The minimum Gasteiger partial charge on any atom is -0.454 e. The number of halogens is 1. The summed E-state index contributed by atoms with van der Waals surface area (Å²) >= 11 is 0. The molecule has 1 fully saturated rings. The molecule has 0 bridgehead atoms. The molecule has 0 aliphatic carbocycles. The van der Waals surface area contributed by atoms with Crippen LogP contribution in [-0.2, 0) is 24.3 Å². The molecule has 1 amide bonds. The monoisotopic (exact) mass is 411 g/mol. The van der Waals surface area contributed by atoms with E-state index in [1.807, 2.05) is 0 Å². The molecule has 0 unspecified atom stereocenters. The van der Waals surface area contributed by atoms with Crippen LogP contribution in [0.2, 0.25) is 0 Å². The highest BCUT2D eigenvalue weighted by atomic mass is 32.2. The Morgan fingerprint density at radius 3 is 2.71 bits per heavy atom. The molecular formula is C17H18FN3O6S. The number of hydrogen-bond donors (Lipinski definition) is 1. The molecule has 1 saturated heterocycles. The first-order valence-electron chi connectivity index (χ1n) is 8.44. The topological polar surface area (TPSA) is 119 Å². The van der Waals surface area contributed by atoms with Crippen molar-refractivity contribution in [2.24, 2.45) is 0 Å². The minimum atomic E-state index is -3.99. The molecule has 1 aliphatic heterocycles. The lowest BCUT2D eigenvalue weighted by Gasteiger charge is -2.22. The molecule has 28 heavy (non-hydrogen) atoms. The van der Waals surface area contributed by atoms with Gasteiger partial charge in [-0.25, -0.2) is 12.8 Å². The number of hydrogen-bond acceptors (Lipinski definition) is 7. The van der Waals surface area contributed by atoms with Gasteiger partial charge in [-0.2, -0.15) is 4.31 Å².